The Morgan fingerprint density at radius 3 is 1.27 bits per heavy atom. The predicted octanol–water partition coefficient (Wildman–Crippen LogP) is 9.88. The molecule has 0 nitrogen and oxygen atoms in total. The maximum absolute atomic E-state index is 2.42. The molecule has 0 bridgehead atoms. The third kappa shape index (κ3) is 2.55. The summed E-state index contributed by atoms with van der Waals surface area (Å²) in [6, 6.07) is 31.0. The van der Waals surface area contributed by atoms with Gasteiger partial charge in [-0.2, -0.15) is 0 Å². The van der Waals surface area contributed by atoms with Crippen LogP contribution in [0.25, 0.3) is 59.9 Å². The molecule has 7 aromatic rings. The van der Waals surface area contributed by atoms with Gasteiger partial charge < -0.3 is 0 Å². The van der Waals surface area contributed by atoms with Crippen LogP contribution in [0.5, 0.6) is 0 Å². The van der Waals surface area contributed by atoms with Crippen molar-refractivity contribution >= 4 is 84.3 Å². The smallest absolute Gasteiger partial charge is 0.0536 e. The zero-order valence-corrected chi connectivity index (χ0v) is 19.0. The monoisotopic (exact) mass is 454 g/mol. The van der Waals surface area contributed by atoms with Crippen molar-refractivity contribution in [1.82, 2.24) is 0 Å². The Balaban J connectivity index is 1.42. The number of hydrogen-bond donors (Lipinski definition) is 0. The first-order chi connectivity index (χ1) is 14.8. The summed E-state index contributed by atoms with van der Waals surface area (Å²) in [4.78, 5) is 2.72. The van der Waals surface area contributed by atoms with E-state index in [4.69, 9.17) is 0 Å². The third-order valence-electron chi connectivity index (χ3n) is 5.52. The molecule has 0 fully saturated rings. The van der Waals surface area contributed by atoms with Crippen LogP contribution < -0.4 is 0 Å². The van der Waals surface area contributed by atoms with Gasteiger partial charge >= 0.3 is 0 Å². The summed E-state index contributed by atoms with van der Waals surface area (Å²) in [5.74, 6) is 0. The van der Waals surface area contributed by atoms with Gasteiger partial charge in [-0.1, -0.05) is 60.7 Å². The van der Waals surface area contributed by atoms with Crippen molar-refractivity contribution in [3.63, 3.8) is 0 Å². The minimum Gasteiger partial charge on any atom is -0.134 e. The molecule has 3 aromatic carbocycles. The summed E-state index contributed by atoms with van der Waals surface area (Å²) in [5, 5.41) is 2.82. The van der Waals surface area contributed by atoms with Crippen molar-refractivity contribution in [3.8, 4) is 20.9 Å². The maximum Gasteiger partial charge on any atom is 0.0536 e. The largest absolute Gasteiger partial charge is 0.134 e. The lowest BCUT2D eigenvalue weighted by Gasteiger charge is -1.96. The fourth-order valence-electron chi connectivity index (χ4n) is 4.09. The van der Waals surface area contributed by atoms with E-state index in [0.717, 1.165) is 0 Å². The first-order valence-corrected chi connectivity index (χ1v) is 13.0. The first kappa shape index (κ1) is 17.2. The average molecular weight is 455 g/mol. The van der Waals surface area contributed by atoms with Crippen LogP contribution in [0.2, 0.25) is 0 Å². The molecule has 0 atom stereocenters. The lowest BCUT2D eigenvalue weighted by Crippen LogP contribution is -1.68. The molecule has 0 amide bonds. The quantitative estimate of drug-likeness (QED) is 0.244. The molecule has 4 heteroatoms. The molecule has 0 spiro atoms. The molecule has 0 N–H and O–H groups in total. The van der Waals surface area contributed by atoms with Gasteiger partial charge in [-0.25, -0.2) is 0 Å². The summed E-state index contributed by atoms with van der Waals surface area (Å²) in [5.41, 5.74) is 2.62. The van der Waals surface area contributed by atoms with Crippen LogP contribution >= 0.6 is 45.3 Å². The van der Waals surface area contributed by atoms with E-state index >= 15 is 0 Å². The number of thiophene rings is 4. The van der Waals surface area contributed by atoms with Crippen LogP contribution in [0.1, 0.15) is 0 Å². The van der Waals surface area contributed by atoms with Gasteiger partial charge in [0.1, 0.15) is 0 Å². The number of rotatable bonds is 2. The molecule has 0 aliphatic rings. The van der Waals surface area contributed by atoms with E-state index in [1.54, 1.807) is 0 Å². The highest BCUT2D eigenvalue weighted by Gasteiger charge is 2.16. The van der Waals surface area contributed by atoms with Crippen molar-refractivity contribution in [2.45, 2.75) is 0 Å². The Morgan fingerprint density at radius 1 is 0.400 bits per heavy atom. The van der Waals surface area contributed by atoms with E-state index in [2.05, 4.69) is 84.9 Å². The standard InChI is InChI=1S/C26H14S4/c1-3-7-15(8-4-1)19-13-23-25(29-19)17-11-22-18(12-21(17)27-23)26-24(28-22)14-20(30-26)16-9-5-2-6-10-16/h1-14H. The lowest BCUT2D eigenvalue weighted by molar-refractivity contribution is 1.70. The van der Waals surface area contributed by atoms with E-state index in [0.29, 0.717) is 0 Å². The van der Waals surface area contributed by atoms with Gasteiger partial charge in [0.2, 0.25) is 0 Å². The maximum atomic E-state index is 2.42. The molecule has 0 saturated heterocycles. The van der Waals surface area contributed by atoms with Crippen LogP contribution in [0, 0.1) is 0 Å². The average Bonchev–Trinajstić information content (AvgIpc) is 3.52. The Bertz CT molecular complexity index is 1550. The van der Waals surface area contributed by atoms with Gasteiger partial charge in [0, 0.05) is 39.3 Å². The second kappa shape index (κ2) is 6.50. The van der Waals surface area contributed by atoms with Gasteiger partial charge in [0.05, 0.1) is 9.40 Å². The van der Waals surface area contributed by atoms with Crippen molar-refractivity contribution in [2.75, 3.05) is 0 Å². The van der Waals surface area contributed by atoms with Gasteiger partial charge in [-0.05, 0) is 35.4 Å². The Hall–Kier alpha value is -2.50. The lowest BCUT2D eigenvalue weighted by atomic mass is 10.2. The highest BCUT2D eigenvalue weighted by molar-refractivity contribution is 7.35. The fraction of sp³-hybridized carbons (Fsp3) is 0. The summed E-state index contributed by atoms with van der Waals surface area (Å²) in [6.07, 6.45) is 0. The van der Waals surface area contributed by atoms with Crippen molar-refractivity contribution < 1.29 is 0 Å². The molecule has 30 heavy (non-hydrogen) atoms. The summed E-state index contributed by atoms with van der Waals surface area (Å²) in [6.45, 7) is 0. The van der Waals surface area contributed by atoms with Crippen LogP contribution in [-0.4, -0.2) is 0 Å². The highest BCUT2D eigenvalue weighted by atomic mass is 32.1. The molecule has 0 aliphatic heterocycles. The van der Waals surface area contributed by atoms with Crippen LogP contribution in [0.15, 0.2) is 84.9 Å². The van der Waals surface area contributed by atoms with E-state index in [1.807, 2.05) is 45.3 Å². The molecular formula is C26H14S4. The van der Waals surface area contributed by atoms with Crippen LogP contribution in [-0.2, 0) is 0 Å². The van der Waals surface area contributed by atoms with Gasteiger partial charge in [0.25, 0.3) is 0 Å². The van der Waals surface area contributed by atoms with E-state index < -0.39 is 0 Å². The molecule has 0 saturated carbocycles. The zero-order chi connectivity index (χ0) is 19.7. The van der Waals surface area contributed by atoms with Gasteiger partial charge in [0.15, 0.2) is 0 Å². The molecule has 142 valence electrons. The van der Waals surface area contributed by atoms with Gasteiger partial charge in [-0.15, -0.1) is 45.3 Å². The second-order valence-corrected chi connectivity index (χ2v) is 11.7. The van der Waals surface area contributed by atoms with E-state index in [9.17, 15) is 0 Å². The number of fused-ring (bicyclic) bond motifs is 6. The Labute approximate surface area is 189 Å². The van der Waals surface area contributed by atoms with Gasteiger partial charge in [-0.3, -0.25) is 0 Å². The first-order valence-electron chi connectivity index (χ1n) is 9.76. The summed E-state index contributed by atoms with van der Waals surface area (Å²) in [7, 11) is 0. The molecule has 0 radical (unpaired) electrons. The molecule has 0 aliphatic carbocycles. The normalized spacial score (nSPS) is 12.0. The van der Waals surface area contributed by atoms with Crippen LogP contribution in [0.4, 0.5) is 0 Å². The minimum atomic E-state index is 1.31. The highest BCUT2D eigenvalue weighted by Crippen LogP contribution is 2.48. The van der Waals surface area contributed by atoms with Crippen molar-refractivity contribution in [3.05, 3.63) is 84.9 Å². The topological polar surface area (TPSA) is 0 Å². The molecular weight excluding hydrogens is 441 g/mol. The molecule has 7 rings (SSSR count). The predicted molar refractivity (Wildman–Crippen MR) is 139 cm³/mol. The SMILES string of the molecule is c1ccc(-c2cc3sc4cc5c(cc4c3s2)sc2cc(-c3ccccc3)sc25)cc1. The Kier molecular flexibility index (Phi) is 3.73. The third-order valence-corrected chi connectivity index (χ3v) is 10.4. The Morgan fingerprint density at radius 2 is 0.833 bits per heavy atom. The van der Waals surface area contributed by atoms with E-state index in [-0.39, 0.29) is 0 Å². The molecule has 4 heterocycles. The minimum absolute atomic E-state index is 1.31. The number of hydrogen-bond acceptors (Lipinski definition) is 4. The van der Waals surface area contributed by atoms with Crippen LogP contribution in [0.3, 0.4) is 0 Å². The zero-order valence-electron chi connectivity index (χ0n) is 15.7. The van der Waals surface area contributed by atoms with Crippen molar-refractivity contribution in [2.24, 2.45) is 0 Å². The van der Waals surface area contributed by atoms with E-state index in [1.165, 1.54) is 59.9 Å². The second-order valence-electron chi connectivity index (χ2n) is 7.39. The fourth-order valence-corrected chi connectivity index (χ4v) is 9.17. The summed E-state index contributed by atoms with van der Waals surface area (Å²) < 4.78 is 8.46. The molecule has 0 unspecified atom stereocenters. The number of benzene rings is 3. The summed E-state index contributed by atoms with van der Waals surface area (Å²) >= 11 is 7.70. The van der Waals surface area contributed by atoms with Crippen molar-refractivity contribution in [1.29, 1.82) is 0 Å². The molecule has 4 aromatic heterocycles.